The Morgan fingerprint density at radius 3 is 2.22 bits per heavy atom. The predicted molar refractivity (Wildman–Crippen MR) is 141 cm³/mol. The second-order valence-electron chi connectivity index (χ2n) is 11.1. The first-order chi connectivity index (χ1) is 19.1. The van der Waals surface area contributed by atoms with Crippen LogP contribution in [0.5, 0.6) is 0 Å². The number of piperidine rings is 1. The fourth-order valence-electron chi connectivity index (χ4n) is 5.94. The van der Waals surface area contributed by atoms with Gasteiger partial charge in [0.1, 0.15) is 5.82 Å². The van der Waals surface area contributed by atoms with Crippen LogP contribution in [0.15, 0.2) is 36.4 Å². The second-order valence-corrected chi connectivity index (χ2v) is 11.1. The van der Waals surface area contributed by atoms with Crippen molar-refractivity contribution < 1.29 is 35.5 Å². The van der Waals surface area contributed by atoms with E-state index in [1.165, 1.54) is 19.2 Å². The Kier molecular flexibility index (Phi) is 9.22. The van der Waals surface area contributed by atoms with Gasteiger partial charge in [-0.25, -0.2) is 9.18 Å². The lowest BCUT2D eigenvalue weighted by molar-refractivity contribution is -0.143. The maximum atomic E-state index is 14.0. The van der Waals surface area contributed by atoms with Crippen molar-refractivity contribution in [3.63, 3.8) is 0 Å². The van der Waals surface area contributed by atoms with Gasteiger partial charge in [-0.2, -0.15) is 26.3 Å². The molecule has 0 saturated carbocycles. The van der Waals surface area contributed by atoms with Crippen molar-refractivity contribution in [1.82, 2.24) is 20.0 Å². The van der Waals surface area contributed by atoms with Crippen molar-refractivity contribution in [2.75, 3.05) is 33.7 Å². The maximum Gasteiger partial charge on any atom is 0.416 e. The minimum atomic E-state index is -4.98. The van der Waals surface area contributed by atoms with Crippen LogP contribution in [-0.4, -0.2) is 66.5 Å². The molecule has 4 rings (SSSR count). The van der Waals surface area contributed by atoms with Crippen LogP contribution in [0.2, 0.25) is 0 Å². The zero-order valence-corrected chi connectivity index (χ0v) is 23.2. The minimum absolute atomic E-state index is 0.0686. The smallest absolute Gasteiger partial charge is 0.323 e. The molecule has 2 aromatic carbocycles. The van der Waals surface area contributed by atoms with E-state index >= 15 is 0 Å². The zero-order chi connectivity index (χ0) is 30.1. The average Bonchev–Trinajstić information content (AvgIpc) is 3.30. The van der Waals surface area contributed by atoms with Gasteiger partial charge in [-0.15, -0.1) is 0 Å². The molecule has 12 heteroatoms. The van der Waals surface area contributed by atoms with Crippen molar-refractivity contribution >= 4 is 6.03 Å². The van der Waals surface area contributed by atoms with Gasteiger partial charge in [0, 0.05) is 38.8 Å². The van der Waals surface area contributed by atoms with Gasteiger partial charge >= 0.3 is 18.4 Å². The van der Waals surface area contributed by atoms with Crippen molar-refractivity contribution in [2.24, 2.45) is 0 Å². The monoisotopic (exact) mass is 588 g/mol. The van der Waals surface area contributed by atoms with Crippen LogP contribution in [0.1, 0.15) is 59.5 Å². The molecule has 0 aliphatic carbocycles. The van der Waals surface area contributed by atoms with Crippen LogP contribution in [0, 0.1) is 12.7 Å². The van der Waals surface area contributed by atoms with Crippen molar-refractivity contribution in [3.8, 4) is 0 Å². The molecule has 0 bridgehead atoms. The van der Waals surface area contributed by atoms with Gasteiger partial charge in [0.25, 0.3) is 0 Å². The van der Waals surface area contributed by atoms with Gasteiger partial charge < -0.3 is 20.0 Å². The molecule has 0 radical (unpaired) electrons. The van der Waals surface area contributed by atoms with Crippen LogP contribution >= 0.6 is 0 Å². The molecule has 5 nitrogen and oxygen atoms in total. The van der Waals surface area contributed by atoms with Crippen LogP contribution in [-0.2, 0) is 18.9 Å². The summed E-state index contributed by atoms with van der Waals surface area (Å²) >= 11 is 0. The van der Waals surface area contributed by atoms with E-state index in [0.717, 1.165) is 36.3 Å². The van der Waals surface area contributed by atoms with Gasteiger partial charge in [-0.1, -0.05) is 12.5 Å². The van der Waals surface area contributed by atoms with Crippen molar-refractivity contribution in [1.29, 1.82) is 0 Å². The normalized spacial score (nSPS) is 22.3. The van der Waals surface area contributed by atoms with Gasteiger partial charge in [0.2, 0.25) is 0 Å². The SMILES string of the molecule is Cc1cc(F)ccc1C1C(NCC2CCCCN2C)CCN1C(=O)N(C)Cc1cc(C(F)(F)F)cc(C(F)(F)F)c1. The number of amides is 2. The summed E-state index contributed by atoms with van der Waals surface area (Å²) in [5, 5.41) is 3.60. The van der Waals surface area contributed by atoms with E-state index in [4.69, 9.17) is 0 Å². The molecule has 2 aromatic rings. The molecule has 1 N–H and O–H groups in total. The summed E-state index contributed by atoms with van der Waals surface area (Å²) < 4.78 is 94.1. The Bertz CT molecular complexity index is 1200. The number of aryl methyl sites for hydroxylation is 1. The number of likely N-dealkylation sites (tertiary alicyclic amines) is 2. The van der Waals surface area contributed by atoms with E-state index in [-0.39, 0.29) is 17.7 Å². The number of hydrogen-bond donors (Lipinski definition) is 1. The van der Waals surface area contributed by atoms with Crippen LogP contribution in [0.25, 0.3) is 0 Å². The van der Waals surface area contributed by atoms with Crippen molar-refractivity contribution in [2.45, 2.75) is 69.6 Å². The zero-order valence-electron chi connectivity index (χ0n) is 23.2. The number of benzene rings is 2. The molecule has 2 saturated heterocycles. The highest BCUT2D eigenvalue weighted by Gasteiger charge is 2.41. The number of carbonyl (C=O) groups is 1. The van der Waals surface area contributed by atoms with E-state index < -0.39 is 47.9 Å². The Labute approximate surface area is 235 Å². The first kappa shape index (κ1) is 31.1. The summed E-state index contributed by atoms with van der Waals surface area (Å²) in [4.78, 5) is 18.7. The summed E-state index contributed by atoms with van der Waals surface area (Å²) in [6.45, 7) is 3.30. The molecule has 2 aliphatic rings. The van der Waals surface area contributed by atoms with Gasteiger partial charge in [-0.3, -0.25) is 0 Å². The fraction of sp³-hybridized carbons (Fsp3) is 0.552. The predicted octanol–water partition coefficient (Wildman–Crippen LogP) is 6.61. The molecule has 3 atom stereocenters. The second kappa shape index (κ2) is 12.2. The third-order valence-corrected chi connectivity index (χ3v) is 8.13. The van der Waals surface area contributed by atoms with Crippen molar-refractivity contribution in [3.05, 3.63) is 70.0 Å². The fourth-order valence-corrected chi connectivity index (χ4v) is 5.94. The van der Waals surface area contributed by atoms with E-state index in [1.807, 2.05) is 0 Å². The molecule has 2 fully saturated rings. The molecule has 41 heavy (non-hydrogen) atoms. The van der Waals surface area contributed by atoms with Gasteiger partial charge in [0.15, 0.2) is 0 Å². The number of hydrogen-bond acceptors (Lipinski definition) is 3. The van der Waals surface area contributed by atoms with E-state index in [9.17, 15) is 35.5 Å². The summed E-state index contributed by atoms with van der Waals surface area (Å²) in [7, 11) is 3.42. The summed E-state index contributed by atoms with van der Waals surface area (Å²) in [5.41, 5.74) is -1.76. The molecule has 3 unspecified atom stereocenters. The molecule has 0 spiro atoms. The number of alkyl halides is 6. The molecular weight excluding hydrogens is 553 g/mol. The molecule has 2 aliphatic heterocycles. The van der Waals surface area contributed by atoms with Crippen LogP contribution in [0.3, 0.4) is 0 Å². The minimum Gasteiger partial charge on any atom is -0.323 e. The molecule has 2 amide bonds. The number of urea groups is 1. The quantitative estimate of drug-likeness (QED) is 0.386. The van der Waals surface area contributed by atoms with Gasteiger partial charge in [0.05, 0.1) is 17.2 Å². The lowest BCUT2D eigenvalue weighted by Crippen LogP contribution is -2.48. The Balaban J connectivity index is 1.58. The third-order valence-electron chi connectivity index (χ3n) is 8.13. The highest BCUT2D eigenvalue weighted by molar-refractivity contribution is 5.75. The molecule has 0 aromatic heterocycles. The number of likely N-dealkylation sites (N-methyl/N-ethyl adjacent to an activating group) is 1. The van der Waals surface area contributed by atoms with Crippen LogP contribution in [0.4, 0.5) is 35.5 Å². The summed E-state index contributed by atoms with van der Waals surface area (Å²) in [5.74, 6) is -0.419. The number of carbonyl (C=O) groups excluding carboxylic acids is 1. The third kappa shape index (κ3) is 7.32. The number of rotatable bonds is 6. The highest BCUT2D eigenvalue weighted by Crippen LogP contribution is 2.38. The Morgan fingerprint density at radius 1 is 0.976 bits per heavy atom. The molecule has 226 valence electrons. The summed E-state index contributed by atoms with van der Waals surface area (Å²) in [6, 6.07) is 4.80. The standard InChI is InChI=1S/C29H35F7N4O/c1-18-12-22(30)7-8-24(18)26-25(37-16-23-6-4-5-10-38(23)2)9-11-40(26)27(41)39(3)17-19-13-20(28(31,32)33)15-21(14-19)29(34,35)36/h7-8,12-15,23,25-26,37H,4-6,9-11,16-17H2,1-3H3. The lowest BCUT2D eigenvalue weighted by Gasteiger charge is -2.36. The first-order valence-electron chi connectivity index (χ1n) is 13.6. The molecular formula is C29H35F7N4O. The highest BCUT2D eigenvalue weighted by atomic mass is 19.4. The maximum absolute atomic E-state index is 14.0. The van der Waals surface area contributed by atoms with Gasteiger partial charge in [-0.05, 0) is 86.8 Å². The number of halogens is 7. The Hall–Kier alpha value is -2.86. The Morgan fingerprint density at radius 2 is 1.63 bits per heavy atom. The van der Waals surface area contributed by atoms with E-state index in [1.54, 1.807) is 17.9 Å². The van der Waals surface area contributed by atoms with E-state index in [2.05, 4.69) is 17.3 Å². The number of nitrogens with one attached hydrogen (secondary N) is 1. The van der Waals surface area contributed by atoms with E-state index in [0.29, 0.717) is 43.2 Å². The topological polar surface area (TPSA) is 38.8 Å². The lowest BCUT2D eigenvalue weighted by atomic mass is 9.95. The van der Waals surface area contributed by atoms with Crippen LogP contribution < -0.4 is 5.32 Å². The number of nitrogens with zero attached hydrogens (tertiary/aromatic N) is 3. The first-order valence-corrected chi connectivity index (χ1v) is 13.6. The average molecular weight is 589 g/mol. The largest absolute Gasteiger partial charge is 0.416 e. The summed E-state index contributed by atoms with van der Waals surface area (Å²) in [6.07, 6.45) is -6.08. The molecule has 2 heterocycles.